The Balaban J connectivity index is 2.70. The van der Waals surface area contributed by atoms with Crippen LogP contribution in [-0.4, -0.2) is 45.6 Å². The summed E-state index contributed by atoms with van der Waals surface area (Å²) in [7, 11) is 0. The van der Waals surface area contributed by atoms with Crippen molar-refractivity contribution in [1.82, 2.24) is 5.32 Å². The Kier molecular flexibility index (Phi) is 7.99. The van der Waals surface area contributed by atoms with Crippen LogP contribution in [0.15, 0.2) is 9.98 Å². The molecule has 1 aliphatic carbocycles. The topological polar surface area (TPSA) is 74.0 Å². The van der Waals surface area contributed by atoms with Crippen molar-refractivity contribution in [2.75, 3.05) is 6.54 Å². The van der Waals surface area contributed by atoms with Crippen LogP contribution in [0, 0.1) is 0 Å². The van der Waals surface area contributed by atoms with Gasteiger partial charge >= 0.3 is 0 Å². The van der Waals surface area contributed by atoms with E-state index >= 15 is 0 Å². The van der Waals surface area contributed by atoms with Crippen molar-refractivity contribution < 1.29 is 9.90 Å². The normalized spacial score (nSPS) is 18.0. The fourth-order valence-electron chi connectivity index (χ4n) is 2.52. The summed E-state index contributed by atoms with van der Waals surface area (Å²) in [6.07, 6.45) is 6.71. The molecule has 0 bridgehead atoms. The fourth-order valence-corrected chi connectivity index (χ4v) is 2.70. The first-order valence-electron chi connectivity index (χ1n) is 8.40. The maximum absolute atomic E-state index is 11.9. The van der Waals surface area contributed by atoms with Gasteiger partial charge in [-0.3, -0.25) is 9.79 Å². The Labute approximate surface area is 144 Å². The third kappa shape index (κ3) is 7.79. The van der Waals surface area contributed by atoms with E-state index in [1.165, 1.54) is 19.3 Å². The summed E-state index contributed by atoms with van der Waals surface area (Å²) in [5.74, 6) is -0.432. The van der Waals surface area contributed by atoms with Crippen LogP contribution in [0.4, 0.5) is 0 Å². The number of aliphatic imine (C=N–C) groups is 2. The number of rotatable bonds is 5. The molecule has 0 aromatic carbocycles. The lowest BCUT2D eigenvalue weighted by Gasteiger charge is -2.19. The van der Waals surface area contributed by atoms with Gasteiger partial charge in [-0.05, 0) is 40.0 Å². The summed E-state index contributed by atoms with van der Waals surface area (Å²) in [6.45, 7) is 7.30. The monoisotopic (exact) mass is 339 g/mol. The second-order valence-corrected chi connectivity index (χ2v) is 7.11. The molecule has 1 aliphatic rings. The predicted molar refractivity (Wildman–Crippen MR) is 99.6 cm³/mol. The number of hydrogen-bond acceptors (Lipinski definition) is 4. The maximum atomic E-state index is 11.9. The first kappa shape index (κ1) is 19.9. The molecule has 0 saturated heterocycles. The molecule has 1 amide bonds. The first-order chi connectivity index (χ1) is 10.7. The van der Waals surface area contributed by atoms with E-state index in [1.807, 2.05) is 13.8 Å². The van der Waals surface area contributed by atoms with Crippen LogP contribution in [0.5, 0.6) is 0 Å². The average molecular weight is 340 g/mol. The number of aliphatic hydroxyl groups is 1. The number of carbonyl (C=O) groups is 1. The quantitative estimate of drug-likeness (QED) is 0.597. The van der Waals surface area contributed by atoms with Gasteiger partial charge in [0, 0.05) is 6.54 Å². The number of hydrogen-bond donors (Lipinski definition) is 2. The van der Waals surface area contributed by atoms with E-state index in [2.05, 4.69) is 10.3 Å². The molecule has 0 heterocycles. The Morgan fingerprint density at radius 1 is 1.30 bits per heavy atom. The van der Waals surface area contributed by atoms with Crippen LogP contribution in [0.25, 0.3) is 0 Å². The van der Waals surface area contributed by atoms with Gasteiger partial charge in [-0.1, -0.05) is 38.4 Å². The molecule has 0 radical (unpaired) electrons. The molecular formula is C17H29N3O2S. The van der Waals surface area contributed by atoms with Crippen molar-refractivity contribution in [2.24, 2.45) is 9.98 Å². The zero-order chi connectivity index (χ0) is 17.5. The highest BCUT2D eigenvalue weighted by atomic mass is 32.1. The molecule has 0 atom stereocenters. The van der Waals surface area contributed by atoms with E-state index < -0.39 is 11.5 Å². The van der Waals surface area contributed by atoms with E-state index in [0.29, 0.717) is 12.5 Å². The van der Waals surface area contributed by atoms with Crippen molar-refractivity contribution in [2.45, 2.75) is 77.9 Å². The molecule has 0 aromatic rings. The van der Waals surface area contributed by atoms with Gasteiger partial charge in [-0.15, -0.1) is 0 Å². The molecular weight excluding hydrogens is 310 g/mol. The smallest absolute Gasteiger partial charge is 0.281 e. The minimum Gasteiger partial charge on any atom is -0.389 e. The van der Waals surface area contributed by atoms with Crippen LogP contribution < -0.4 is 5.32 Å². The van der Waals surface area contributed by atoms with Crippen molar-refractivity contribution in [3.63, 3.8) is 0 Å². The summed E-state index contributed by atoms with van der Waals surface area (Å²) >= 11 is 5.10. The molecule has 1 fully saturated rings. The van der Waals surface area contributed by atoms with E-state index in [1.54, 1.807) is 13.8 Å². The van der Waals surface area contributed by atoms with Gasteiger partial charge in [-0.25, -0.2) is 4.99 Å². The van der Waals surface area contributed by atoms with Crippen molar-refractivity contribution in [3.8, 4) is 0 Å². The lowest BCUT2D eigenvalue weighted by molar-refractivity contribution is -0.115. The Bertz CT molecular complexity index is 487. The molecule has 23 heavy (non-hydrogen) atoms. The lowest BCUT2D eigenvalue weighted by atomic mass is 9.96. The van der Waals surface area contributed by atoms with Crippen LogP contribution in [-0.2, 0) is 4.79 Å². The number of carbonyl (C=O) groups excluding carboxylic acids is 1. The molecule has 0 unspecified atom stereocenters. The van der Waals surface area contributed by atoms with Crippen molar-refractivity contribution >= 4 is 34.5 Å². The van der Waals surface area contributed by atoms with Gasteiger partial charge < -0.3 is 10.4 Å². The highest BCUT2D eigenvalue weighted by Crippen LogP contribution is 2.20. The Hall–Kier alpha value is -1.14. The third-order valence-electron chi connectivity index (χ3n) is 3.82. The third-order valence-corrected chi connectivity index (χ3v) is 4.09. The second kappa shape index (κ2) is 9.23. The van der Waals surface area contributed by atoms with Gasteiger partial charge in [0.1, 0.15) is 0 Å². The first-order valence-corrected chi connectivity index (χ1v) is 8.80. The number of amides is 1. The summed E-state index contributed by atoms with van der Waals surface area (Å²) in [6, 6.07) is 0.373. The fraction of sp³-hybridized carbons (Fsp3) is 0.765. The zero-order valence-electron chi connectivity index (χ0n) is 14.7. The SMILES string of the molecule is CCC(=NC(=S)C(=O)NCC(C)(C)O)C(C)=NC1CCCCC1. The highest BCUT2D eigenvalue weighted by Gasteiger charge is 2.17. The standard InChI is InChI=1S/C17H29N3O2S/c1-5-14(12(2)19-13-9-7-6-8-10-13)20-16(23)15(21)18-11-17(3,4)22/h13,22H,5-11H2,1-4H3,(H,18,21). The number of nitrogens with one attached hydrogen (secondary N) is 1. The summed E-state index contributed by atoms with van der Waals surface area (Å²) in [5.41, 5.74) is 0.664. The number of nitrogens with zero attached hydrogens (tertiary/aromatic N) is 2. The van der Waals surface area contributed by atoms with E-state index in [9.17, 15) is 9.90 Å². The lowest BCUT2D eigenvalue weighted by Crippen LogP contribution is -2.40. The summed E-state index contributed by atoms with van der Waals surface area (Å²) in [5, 5.41) is 12.2. The van der Waals surface area contributed by atoms with Crippen LogP contribution in [0.2, 0.25) is 0 Å². The molecule has 1 rings (SSSR count). The number of thiocarbonyl (C=S) groups is 1. The minimum absolute atomic E-state index is 0.00991. The van der Waals surface area contributed by atoms with Gasteiger partial charge in [0.15, 0.2) is 4.99 Å². The highest BCUT2D eigenvalue weighted by molar-refractivity contribution is 7.82. The van der Waals surface area contributed by atoms with E-state index in [-0.39, 0.29) is 11.5 Å². The van der Waals surface area contributed by atoms with Gasteiger partial charge in [-0.2, -0.15) is 0 Å². The molecule has 130 valence electrons. The van der Waals surface area contributed by atoms with Gasteiger partial charge in [0.05, 0.1) is 23.1 Å². The van der Waals surface area contributed by atoms with Crippen molar-refractivity contribution in [3.05, 3.63) is 0 Å². The Morgan fingerprint density at radius 2 is 1.91 bits per heavy atom. The molecule has 1 saturated carbocycles. The molecule has 0 spiro atoms. The van der Waals surface area contributed by atoms with Gasteiger partial charge in [0.25, 0.3) is 5.91 Å². The van der Waals surface area contributed by atoms with Gasteiger partial charge in [0.2, 0.25) is 0 Å². The molecule has 6 heteroatoms. The minimum atomic E-state index is -0.971. The van der Waals surface area contributed by atoms with Crippen LogP contribution in [0.3, 0.4) is 0 Å². The average Bonchev–Trinajstić information content (AvgIpc) is 2.50. The summed E-state index contributed by atoms with van der Waals surface area (Å²) in [4.78, 5) is 21.0. The molecule has 0 aromatic heterocycles. The largest absolute Gasteiger partial charge is 0.389 e. The Morgan fingerprint density at radius 3 is 2.43 bits per heavy atom. The van der Waals surface area contributed by atoms with E-state index in [0.717, 1.165) is 24.3 Å². The second-order valence-electron chi connectivity index (χ2n) is 6.72. The molecule has 2 N–H and O–H groups in total. The zero-order valence-corrected chi connectivity index (χ0v) is 15.5. The van der Waals surface area contributed by atoms with E-state index in [4.69, 9.17) is 17.2 Å². The molecule has 0 aliphatic heterocycles. The van der Waals surface area contributed by atoms with Crippen LogP contribution >= 0.6 is 12.2 Å². The maximum Gasteiger partial charge on any atom is 0.281 e. The summed E-state index contributed by atoms with van der Waals surface area (Å²) < 4.78 is 0. The van der Waals surface area contributed by atoms with Crippen LogP contribution in [0.1, 0.15) is 66.2 Å². The predicted octanol–water partition coefficient (Wildman–Crippen LogP) is 2.85. The van der Waals surface area contributed by atoms with Crippen molar-refractivity contribution in [1.29, 1.82) is 0 Å². The molecule has 5 nitrogen and oxygen atoms in total.